The molecule has 1 unspecified atom stereocenters. The molecule has 1 heterocycles. The highest BCUT2D eigenvalue weighted by Gasteiger charge is 2.20. The fraction of sp³-hybridized carbons (Fsp3) is 0.562. The second-order valence-corrected chi connectivity index (χ2v) is 5.58. The number of halogens is 1. The largest absolute Gasteiger partial charge is 0.341 e. The molecule has 0 bridgehead atoms. The van der Waals surface area contributed by atoms with Crippen LogP contribution in [0.25, 0.3) is 0 Å². The van der Waals surface area contributed by atoms with Crippen molar-refractivity contribution < 1.29 is 4.79 Å². The van der Waals surface area contributed by atoms with Crippen LogP contribution in [0.5, 0.6) is 0 Å². The standard InChI is InChI=1S/C16H24N2O.ClH/c1-13-7-9-14(10-8-13)4-2-6-16(19)18-11-3-5-15(17)12-18;/h7-10,15H,2-6,11-12,17H2,1H3;1H. The van der Waals surface area contributed by atoms with Crippen molar-refractivity contribution in [1.82, 2.24) is 4.90 Å². The van der Waals surface area contributed by atoms with Gasteiger partial charge >= 0.3 is 0 Å². The van der Waals surface area contributed by atoms with Crippen LogP contribution < -0.4 is 5.73 Å². The molecule has 4 heteroatoms. The number of hydrogen-bond acceptors (Lipinski definition) is 2. The first kappa shape index (κ1) is 17.0. The molecule has 1 aromatic carbocycles. The van der Waals surface area contributed by atoms with Crippen LogP contribution in [0.2, 0.25) is 0 Å². The quantitative estimate of drug-likeness (QED) is 0.928. The average Bonchev–Trinajstić information content (AvgIpc) is 2.41. The van der Waals surface area contributed by atoms with E-state index in [2.05, 4.69) is 31.2 Å². The molecule has 112 valence electrons. The summed E-state index contributed by atoms with van der Waals surface area (Å²) in [4.78, 5) is 14.0. The zero-order chi connectivity index (χ0) is 13.7. The monoisotopic (exact) mass is 296 g/mol. The first-order valence-corrected chi connectivity index (χ1v) is 7.24. The first-order chi connectivity index (χ1) is 9.15. The van der Waals surface area contributed by atoms with Crippen molar-refractivity contribution in [1.29, 1.82) is 0 Å². The average molecular weight is 297 g/mol. The van der Waals surface area contributed by atoms with Gasteiger partial charge < -0.3 is 10.6 Å². The Morgan fingerprint density at radius 1 is 1.35 bits per heavy atom. The van der Waals surface area contributed by atoms with Crippen molar-refractivity contribution in [2.45, 2.75) is 45.1 Å². The van der Waals surface area contributed by atoms with E-state index >= 15 is 0 Å². The molecule has 20 heavy (non-hydrogen) atoms. The number of amides is 1. The van der Waals surface area contributed by atoms with E-state index in [9.17, 15) is 4.79 Å². The van der Waals surface area contributed by atoms with Gasteiger partial charge in [-0.1, -0.05) is 29.8 Å². The van der Waals surface area contributed by atoms with Crippen LogP contribution in [0.1, 0.15) is 36.8 Å². The van der Waals surface area contributed by atoms with E-state index in [0.717, 1.165) is 38.8 Å². The Morgan fingerprint density at radius 2 is 2.05 bits per heavy atom. The molecule has 1 aliphatic rings. The number of likely N-dealkylation sites (tertiary alicyclic amines) is 1. The predicted molar refractivity (Wildman–Crippen MR) is 85.2 cm³/mol. The zero-order valence-electron chi connectivity index (χ0n) is 12.2. The second-order valence-electron chi connectivity index (χ2n) is 5.58. The number of nitrogens with two attached hydrogens (primary N) is 1. The Hall–Kier alpha value is -1.06. The molecule has 0 saturated carbocycles. The van der Waals surface area contributed by atoms with E-state index in [1.54, 1.807) is 0 Å². The summed E-state index contributed by atoms with van der Waals surface area (Å²) >= 11 is 0. The van der Waals surface area contributed by atoms with E-state index in [1.807, 2.05) is 4.90 Å². The van der Waals surface area contributed by atoms with Gasteiger partial charge in [-0.3, -0.25) is 4.79 Å². The Bertz CT molecular complexity index is 419. The van der Waals surface area contributed by atoms with Crippen molar-refractivity contribution in [3.05, 3.63) is 35.4 Å². The molecule has 2 rings (SSSR count). The molecule has 0 spiro atoms. The maximum absolute atomic E-state index is 12.1. The SMILES string of the molecule is Cc1ccc(CCCC(=O)N2CCCC(N)C2)cc1.Cl. The van der Waals surface area contributed by atoms with E-state index in [-0.39, 0.29) is 24.4 Å². The summed E-state index contributed by atoms with van der Waals surface area (Å²) in [6.45, 7) is 3.72. The van der Waals surface area contributed by atoms with Crippen molar-refractivity contribution >= 4 is 18.3 Å². The number of rotatable bonds is 4. The predicted octanol–water partition coefficient (Wildman–Crippen LogP) is 2.69. The molecule has 1 saturated heterocycles. The van der Waals surface area contributed by atoms with Gasteiger partial charge in [0, 0.05) is 25.6 Å². The Morgan fingerprint density at radius 3 is 2.70 bits per heavy atom. The lowest BCUT2D eigenvalue weighted by molar-refractivity contribution is -0.132. The van der Waals surface area contributed by atoms with Gasteiger partial charge in [-0.2, -0.15) is 0 Å². The van der Waals surface area contributed by atoms with Gasteiger partial charge in [0.25, 0.3) is 0 Å². The highest BCUT2D eigenvalue weighted by atomic mass is 35.5. The minimum Gasteiger partial charge on any atom is -0.341 e. The number of nitrogens with zero attached hydrogens (tertiary/aromatic N) is 1. The van der Waals surface area contributed by atoms with Gasteiger partial charge in [-0.15, -0.1) is 12.4 Å². The highest BCUT2D eigenvalue weighted by Crippen LogP contribution is 2.12. The molecule has 3 nitrogen and oxygen atoms in total. The summed E-state index contributed by atoms with van der Waals surface area (Å²) < 4.78 is 0. The van der Waals surface area contributed by atoms with Gasteiger partial charge in [0.15, 0.2) is 0 Å². The highest BCUT2D eigenvalue weighted by molar-refractivity contribution is 5.85. The van der Waals surface area contributed by atoms with Gasteiger partial charge in [-0.05, 0) is 38.2 Å². The second kappa shape index (κ2) is 8.28. The molecule has 1 aromatic rings. The fourth-order valence-corrected chi connectivity index (χ4v) is 2.59. The summed E-state index contributed by atoms with van der Waals surface area (Å²) in [5.74, 6) is 0.266. The normalized spacial score (nSPS) is 18.5. The Labute approximate surface area is 127 Å². The molecule has 1 aliphatic heterocycles. The fourth-order valence-electron chi connectivity index (χ4n) is 2.59. The number of benzene rings is 1. The van der Waals surface area contributed by atoms with Crippen LogP contribution in [-0.4, -0.2) is 29.9 Å². The van der Waals surface area contributed by atoms with Crippen LogP contribution in [-0.2, 0) is 11.2 Å². The van der Waals surface area contributed by atoms with E-state index in [1.165, 1.54) is 11.1 Å². The Balaban J connectivity index is 0.00000200. The summed E-state index contributed by atoms with van der Waals surface area (Å²) in [6, 6.07) is 8.73. The lowest BCUT2D eigenvalue weighted by Gasteiger charge is -2.30. The molecule has 0 radical (unpaired) electrons. The maximum Gasteiger partial charge on any atom is 0.222 e. The number of aryl methyl sites for hydroxylation is 2. The maximum atomic E-state index is 12.1. The third kappa shape index (κ3) is 5.14. The number of carbonyl (C=O) groups excluding carboxylic acids is 1. The van der Waals surface area contributed by atoms with Crippen LogP contribution in [0.15, 0.2) is 24.3 Å². The molecule has 1 fully saturated rings. The summed E-state index contributed by atoms with van der Waals surface area (Å²) in [5, 5.41) is 0. The van der Waals surface area contributed by atoms with Crippen molar-refractivity contribution in [2.24, 2.45) is 5.73 Å². The minimum atomic E-state index is 0. The van der Waals surface area contributed by atoms with Crippen LogP contribution in [0, 0.1) is 6.92 Å². The summed E-state index contributed by atoms with van der Waals surface area (Å²) in [5.41, 5.74) is 8.50. The van der Waals surface area contributed by atoms with Crippen molar-refractivity contribution in [3.63, 3.8) is 0 Å². The van der Waals surface area contributed by atoms with Crippen molar-refractivity contribution in [3.8, 4) is 0 Å². The van der Waals surface area contributed by atoms with E-state index in [4.69, 9.17) is 5.73 Å². The topological polar surface area (TPSA) is 46.3 Å². The lowest BCUT2D eigenvalue weighted by atomic mass is 10.0. The molecule has 0 aliphatic carbocycles. The molecular weight excluding hydrogens is 272 g/mol. The molecular formula is C16H25ClN2O. The summed E-state index contributed by atoms with van der Waals surface area (Å²) in [6.07, 6.45) is 4.64. The van der Waals surface area contributed by atoms with Crippen LogP contribution >= 0.6 is 12.4 Å². The Kier molecular flexibility index (Phi) is 7.03. The van der Waals surface area contributed by atoms with E-state index in [0.29, 0.717) is 6.42 Å². The summed E-state index contributed by atoms with van der Waals surface area (Å²) in [7, 11) is 0. The van der Waals surface area contributed by atoms with Gasteiger partial charge in [0.1, 0.15) is 0 Å². The van der Waals surface area contributed by atoms with Crippen LogP contribution in [0.3, 0.4) is 0 Å². The molecule has 2 N–H and O–H groups in total. The number of carbonyl (C=O) groups is 1. The van der Waals surface area contributed by atoms with Gasteiger partial charge in [-0.25, -0.2) is 0 Å². The third-order valence-corrected chi connectivity index (χ3v) is 3.79. The number of hydrogen-bond donors (Lipinski definition) is 1. The molecule has 0 aromatic heterocycles. The number of piperidine rings is 1. The van der Waals surface area contributed by atoms with Gasteiger partial charge in [0.2, 0.25) is 5.91 Å². The zero-order valence-corrected chi connectivity index (χ0v) is 13.0. The third-order valence-electron chi connectivity index (χ3n) is 3.79. The lowest BCUT2D eigenvalue weighted by Crippen LogP contribution is -2.45. The first-order valence-electron chi connectivity index (χ1n) is 7.24. The van der Waals surface area contributed by atoms with Crippen molar-refractivity contribution in [2.75, 3.05) is 13.1 Å². The minimum absolute atomic E-state index is 0. The van der Waals surface area contributed by atoms with Gasteiger partial charge in [0.05, 0.1) is 0 Å². The molecule has 1 amide bonds. The smallest absolute Gasteiger partial charge is 0.222 e. The van der Waals surface area contributed by atoms with E-state index < -0.39 is 0 Å². The molecule has 1 atom stereocenters. The van der Waals surface area contributed by atoms with Crippen LogP contribution in [0.4, 0.5) is 0 Å².